The van der Waals surface area contributed by atoms with E-state index in [-0.39, 0.29) is 57.4 Å². The van der Waals surface area contributed by atoms with Gasteiger partial charge in [-0.1, -0.05) is 30.3 Å². The molecule has 0 aliphatic carbocycles. The number of benzene rings is 2. The van der Waals surface area contributed by atoms with Crippen LogP contribution in [0.1, 0.15) is 0 Å². The van der Waals surface area contributed by atoms with Crippen molar-refractivity contribution in [3.05, 3.63) is 42.5 Å². The van der Waals surface area contributed by atoms with Crippen LogP contribution in [0.2, 0.25) is 0 Å². The van der Waals surface area contributed by atoms with Crippen LogP contribution in [-0.4, -0.2) is 49.7 Å². The summed E-state index contributed by atoms with van der Waals surface area (Å²) < 4.78 is 15.0. The predicted molar refractivity (Wildman–Crippen MR) is 62.7 cm³/mol. The van der Waals surface area contributed by atoms with Gasteiger partial charge in [-0.25, -0.2) is 4.21 Å². The van der Waals surface area contributed by atoms with Gasteiger partial charge in [0, 0.05) is 0 Å². The van der Waals surface area contributed by atoms with Crippen molar-refractivity contribution >= 4 is 68.2 Å². The fourth-order valence-electron chi connectivity index (χ4n) is 1.27. The zero-order valence-electron chi connectivity index (χ0n) is 6.81. The molecular weight excluding hydrogens is 272 g/mol. The summed E-state index contributed by atoms with van der Waals surface area (Å²) in [5.41, 5.74) is 0. The Morgan fingerprint density at radius 1 is 1.00 bits per heavy atom. The van der Waals surface area contributed by atoms with Crippen molar-refractivity contribution in [2.75, 3.05) is 0 Å². The maximum atomic E-state index is 10.2. The summed E-state index contributed by atoms with van der Waals surface area (Å²) in [5, 5.41) is 2.24. The molecule has 0 amide bonds. The summed E-state index contributed by atoms with van der Waals surface area (Å²) in [7, 11) is 0. The molecule has 0 unspecified atom stereocenters. The fourth-order valence-corrected chi connectivity index (χ4v) is 1.47. The quantitative estimate of drug-likeness (QED) is 0.661. The number of hydrogen-bond acceptors (Lipinski definition) is 2. The Kier molecular flexibility index (Phi) is 5.12. The molecule has 2 rings (SSSR count). The van der Waals surface area contributed by atoms with Gasteiger partial charge in [-0.15, -0.1) is 0 Å². The monoisotopic (exact) mass is 282 g/mol. The van der Waals surface area contributed by atoms with Crippen LogP contribution in [0.5, 0.6) is 5.75 Å². The molecule has 70 valence electrons. The van der Waals surface area contributed by atoms with Crippen LogP contribution < -0.4 is 4.18 Å². The number of thiol groups is 1. The van der Waals surface area contributed by atoms with E-state index in [2.05, 4.69) is 0 Å². The first-order valence-corrected chi connectivity index (χ1v) is 4.61. The van der Waals surface area contributed by atoms with E-state index in [0.29, 0.717) is 5.75 Å². The molecule has 4 heteroatoms. The Morgan fingerprint density at radius 3 is 2.43 bits per heavy atom. The second-order valence-electron chi connectivity index (χ2n) is 2.67. The van der Waals surface area contributed by atoms with E-state index >= 15 is 0 Å². The van der Waals surface area contributed by atoms with Gasteiger partial charge in [-0.3, -0.25) is 0 Å². The number of fused-ring (bicyclic) bond motifs is 1. The standard InChI is InChI=1S/C10H8O2S.Sr.2H/c11-13-12-10-6-5-8-3-1-2-4-9(8)7-10;;;/h1-7,13H;;;. The van der Waals surface area contributed by atoms with Gasteiger partial charge in [0.2, 0.25) is 0 Å². The Morgan fingerprint density at radius 2 is 1.71 bits per heavy atom. The molecule has 14 heavy (non-hydrogen) atoms. The number of hydrogen-bond donors (Lipinski definition) is 1. The maximum absolute atomic E-state index is 10.2. The third kappa shape index (κ3) is 2.81. The van der Waals surface area contributed by atoms with Gasteiger partial charge >= 0.3 is 45.5 Å². The molecular formula is C10H10O2SSr. The SMILES string of the molecule is O=[SH]Oc1ccc2ccccc2c1.[SrH2]. The van der Waals surface area contributed by atoms with E-state index in [1.54, 1.807) is 6.07 Å². The van der Waals surface area contributed by atoms with Crippen LogP contribution in [0.15, 0.2) is 42.5 Å². The summed E-state index contributed by atoms with van der Waals surface area (Å²) in [5.74, 6) is 0.621. The van der Waals surface area contributed by atoms with Crippen molar-refractivity contribution < 1.29 is 8.39 Å². The first kappa shape index (κ1) is 12.2. The van der Waals surface area contributed by atoms with Crippen LogP contribution in [0.4, 0.5) is 0 Å². The van der Waals surface area contributed by atoms with Crippen molar-refractivity contribution in [3.63, 3.8) is 0 Å². The molecule has 0 heterocycles. The normalized spacial score (nSPS) is 9.43. The third-order valence-electron chi connectivity index (χ3n) is 1.86. The Labute approximate surface area is 123 Å². The molecule has 2 nitrogen and oxygen atoms in total. The zero-order chi connectivity index (χ0) is 9.10. The molecule has 0 radical (unpaired) electrons. The first-order valence-electron chi connectivity index (χ1n) is 3.88. The molecule has 2 aromatic rings. The molecule has 0 saturated carbocycles. The molecule has 0 bridgehead atoms. The molecule has 0 saturated heterocycles. The van der Waals surface area contributed by atoms with E-state index < -0.39 is 0 Å². The van der Waals surface area contributed by atoms with Crippen LogP contribution in [0.25, 0.3) is 10.8 Å². The van der Waals surface area contributed by atoms with Crippen molar-refractivity contribution in [1.29, 1.82) is 0 Å². The van der Waals surface area contributed by atoms with Crippen molar-refractivity contribution in [2.24, 2.45) is 0 Å². The predicted octanol–water partition coefficient (Wildman–Crippen LogP) is 1.16. The Balaban J connectivity index is 0.000000980. The first-order chi connectivity index (χ1) is 6.40. The minimum absolute atomic E-state index is 0. The van der Waals surface area contributed by atoms with Crippen molar-refractivity contribution in [2.45, 2.75) is 0 Å². The van der Waals surface area contributed by atoms with E-state index in [9.17, 15) is 4.21 Å². The van der Waals surface area contributed by atoms with Crippen LogP contribution in [0.3, 0.4) is 0 Å². The van der Waals surface area contributed by atoms with Gasteiger partial charge in [0.1, 0.15) is 5.75 Å². The van der Waals surface area contributed by atoms with E-state index in [0.717, 1.165) is 10.8 Å². The molecule has 0 fully saturated rings. The second-order valence-corrected chi connectivity index (χ2v) is 3.01. The zero-order valence-corrected chi connectivity index (χ0v) is 7.70. The summed E-state index contributed by atoms with van der Waals surface area (Å²) in [4.78, 5) is 0. The molecule has 2 aromatic carbocycles. The fraction of sp³-hybridized carbons (Fsp3) is 0. The van der Waals surface area contributed by atoms with Crippen LogP contribution >= 0.6 is 0 Å². The summed E-state index contributed by atoms with van der Waals surface area (Å²) >= 11 is -0.315. The average molecular weight is 282 g/mol. The van der Waals surface area contributed by atoms with Crippen molar-refractivity contribution in [3.8, 4) is 5.75 Å². The van der Waals surface area contributed by atoms with E-state index in [1.807, 2.05) is 36.4 Å². The molecule has 0 aliphatic rings. The Hall–Kier alpha value is 0.131. The van der Waals surface area contributed by atoms with Crippen molar-refractivity contribution in [1.82, 2.24) is 0 Å². The molecule has 0 atom stereocenters. The minimum atomic E-state index is -0.315. The summed E-state index contributed by atoms with van der Waals surface area (Å²) in [6.45, 7) is 0. The molecule has 0 aromatic heterocycles. The van der Waals surface area contributed by atoms with E-state index in [1.165, 1.54) is 0 Å². The molecule has 0 N–H and O–H groups in total. The molecule has 0 spiro atoms. The second kappa shape index (κ2) is 5.88. The van der Waals surface area contributed by atoms with Gasteiger partial charge in [0.15, 0.2) is 11.9 Å². The average Bonchev–Trinajstić information content (AvgIpc) is 2.18. The van der Waals surface area contributed by atoms with Gasteiger partial charge in [0.25, 0.3) is 0 Å². The molecule has 0 aliphatic heterocycles. The Bertz CT molecular complexity index is 445. The number of rotatable bonds is 2. The topological polar surface area (TPSA) is 26.3 Å². The van der Waals surface area contributed by atoms with Gasteiger partial charge in [0.05, 0.1) is 0 Å². The van der Waals surface area contributed by atoms with Gasteiger partial charge in [-0.2, -0.15) is 0 Å². The summed E-state index contributed by atoms with van der Waals surface area (Å²) in [6, 6.07) is 13.6. The summed E-state index contributed by atoms with van der Waals surface area (Å²) in [6.07, 6.45) is 0. The van der Waals surface area contributed by atoms with E-state index in [4.69, 9.17) is 4.18 Å². The van der Waals surface area contributed by atoms with Gasteiger partial charge < -0.3 is 4.18 Å². The third-order valence-corrected chi connectivity index (χ3v) is 2.15. The van der Waals surface area contributed by atoms with Crippen LogP contribution in [0, 0.1) is 0 Å². The van der Waals surface area contributed by atoms with Gasteiger partial charge in [-0.05, 0) is 22.9 Å². The van der Waals surface area contributed by atoms with Crippen LogP contribution in [-0.2, 0) is 11.9 Å².